The molecule has 1 N–H and O–H groups in total. The van der Waals surface area contributed by atoms with Crippen LogP contribution in [0.2, 0.25) is 0 Å². The molecular formula is C27H22N4O3. The molecule has 2 atom stereocenters. The van der Waals surface area contributed by atoms with E-state index in [1.165, 1.54) is 7.11 Å². The van der Waals surface area contributed by atoms with Gasteiger partial charge in [-0.05, 0) is 42.3 Å². The van der Waals surface area contributed by atoms with Crippen LogP contribution in [0, 0.1) is 6.92 Å². The number of aromatic nitrogens is 3. The van der Waals surface area contributed by atoms with E-state index in [-0.39, 0.29) is 12.0 Å². The zero-order chi connectivity index (χ0) is 23.2. The van der Waals surface area contributed by atoms with Crippen LogP contribution < -0.4 is 10.1 Å². The molecular weight excluding hydrogens is 428 g/mol. The first-order valence-electron chi connectivity index (χ1n) is 11.1. The Balaban J connectivity index is 1.57. The number of hydrogen-bond acceptors (Lipinski definition) is 6. The van der Waals surface area contributed by atoms with Gasteiger partial charge in [0, 0.05) is 11.1 Å². The van der Waals surface area contributed by atoms with Gasteiger partial charge in [-0.25, -0.2) is 9.48 Å². The molecule has 7 nitrogen and oxygen atoms in total. The predicted octanol–water partition coefficient (Wildman–Crippen LogP) is 4.93. The molecule has 3 aromatic carbocycles. The van der Waals surface area contributed by atoms with Crippen molar-refractivity contribution in [3.8, 4) is 5.75 Å². The lowest BCUT2D eigenvalue weighted by atomic mass is 9.84. The number of nitrogens with one attached hydrogen (secondary N) is 1. The van der Waals surface area contributed by atoms with Gasteiger partial charge in [0.1, 0.15) is 24.2 Å². The van der Waals surface area contributed by atoms with Gasteiger partial charge in [-0.1, -0.05) is 54.1 Å². The van der Waals surface area contributed by atoms with Crippen molar-refractivity contribution in [1.82, 2.24) is 14.8 Å². The van der Waals surface area contributed by atoms with Crippen LogP contribution in [0.25, 0.3) is 5.70 Å². The highest BCUT2D eigenvalue weighted by atomic mass is 16.5. The number of ether oxygens (including phenoxy) is 2. The number of fused-ring (bicyclic) bond motifs is 3. The number of aryl methyl sites for hydroxylation is 1. The summed E-state index contributed by atoms with van der Waals surface area (Å²) in [4.78, 5) is 16.4. The number of nitrogens with zero attached hydrogens (tertiary/aromatic N) is 3. The van der Waals surface area contributed by atoms with Gasteiger partial charge < -0.3 is 14.8 Å². The van der Waals surface area contributed by atoms with E-state index >= 15 is 0 Å². The lowest BCUT2D eigenvalue weighted by molar-refractivity contribution is 0.0600. The quantitative estimate of drug-likeness (QED) is 0.446. The summed E-state index contributed by atoms with van der Waals surface area (Å²) in [5, 5.41) is 8.06. The minimum absolute atomic E-state index is 0.214. The molecule has 1 aromatic heterocycles. The fourth-order valence-electron chi connectivity index (χ4n) is 4.73. The molecule has 0 amide bonds. The van der Waals surface area contributed by atoms with Crippen LogP contribution in [-0.4, -0.2) is 27.8 Å². The molecule has 6 rings (SSSR count). The second-order valence-electron chi connectivity index (χ2n) is 8.41. The minimum Gasteiger partial charge on any atom is -0.480 e. The lowest BCUT2D eigenvalue weighted by Gasteiger charge is -2.39. The number of anilines is 1. The Hall–Kier alpha value is -4.39. The Kier molecular flexibility index (Phi) is 4.69. The maximum Gasteiger partial charge on any atom is 0.337 e. The standard InChI is InChI=1S/C27H22N4O3/c1-16-8-13-21-20(14-16)23-22(25(34-21)18-9-11-19(12-10-18)26(32)33-2)24(17-6-4-3-5-7-17)31-27(30-23)28-15-29-31/h3-15,24-25H,1-2H3,(H,28,29,30). The summed E-state index contributed by atoms with van der Waals surface area (Å²) in [6.07, 6.45) is 1.17. The third kappa shape index (κ3) is 3.16. The van der Waals surface area contributed by atoms with Crippen LogP contribution >= 0.6 is 0 Å². The third-order valence-corrected chi connectivity index (χ3v) is 6.32. The topological polar surface area (TPSA) is 78.3 Å². The Bertz CT molecular complexity index is 1420. The Morgan fingerprint density at radius 3 is 2.59 bits per heavy atom. The van der Waals surface area contributed by atoms with E-state index in [2.05, 4.69) is 40.5 Å². The third-order valence-electron chi connectivity index (χ3n) is 6.32. The van der Waals surface area contributed by atoms with Crippen molar-refractivity contribution in [2.75, 3.05) is 12.4 Å². The predicted molar refractivity (Wildman–Crippen MR) is 127 cm³/mol. The van der Waals surface area contributed by atoms with Crippen LogP contribution in [-0.2, 0) is 4.74 Å². The molecule has 0 bridgehead atoms. The Morgan fingerprint density at radius 2 is 1.82 bits per heavy atom. The van der Waals surface area contributed by atoms with Crippen molar-refractivity contribution in [3.05, 3.63) is 113 Å². The molecule has 0 spiro atoms. The molecule has 0 saturated heterocycles. The normalized spacial score (nSPS) is 18.2. The number of benzene rings is 3. The van der Waals surface area contributed by atoms with Crippen molar-refractivity contribution in [2.45, 2.75) is 19.1 Å². The molecule has 0 fully saturated rings. The van der Waals surface area contributed by atoms with Crippen LogP contribution in [0.1, 0.15) is 44.8 Å². The van der Waals surface area contributed by atoms with Gasteiger partial charge in [-0.3, -0.25) is 0 Å². The summed E-state index contributed by atoms with van der Waals surface area (Å²) < 4.78 is 13.4. The maximum atomic E-state index is 12.0. The summed E-state index contributed by atoms with van der Waals surface area (Å²) in [5.74, 6) is 1.10. The van der Waals surface area contributed by atoms with E-state index < -0.39 is 6.10 Å². The Morgan fingerprint density at radius 1 is 1.03 bits per heavy atom. The molecule has 34 heavy (non-hydrogen) atoms. The van der Waals surface area contributed by atoms with Crippen molar-refractivity contribution < 1.29 is 14.3 Å². The van der Waals surface area contributed by atoms with Gasteiger partial charge in [-0.15, -0.1) is 0 Å². The summed E-state index contributed by atoms with van der Waals surface area (Å²) in [7, 11) is 1.38. The fraction of sp³-hybridized carbons (Fsp3) is 0.148. The van der Waals surface area contributed by atoms with Crippen molar-refractivity contribution in [2.24, 2.45) is 0 Å². The van der Waals surface area contributed by atoms with E-state index in [4.69, 9.17) is 9.47 Å². The van der Waals surface area contributed by atoms with E-state index in [1.54, 1.807) is 18.5 Å². The highest BCUT2D eigenvalue weighted by Crippen LogP contribution is 2.50. The van der Waals surface area contributed by atoms with Gasteiger partial charge in [0.2, 0.25) is 5.95 Å². The van der Waals surface area contributed by atoms with Gasteiger partial charge >= 0.3 is 5.97 Å². The van der Waals surface area contributed by atoms with Gasteiger partial charge in [0.15, 0.2) is 0 Å². The number of carbonyl (C=O) groups is 1. The van der Waals surface area contributed by atoms with Crippen molar-refractivity contribution >= 4 is 17.6 Å². The molecule has 7 heteroatoms. The van der Waals surface area contributed by atoms with E-state index in [0.29, 0.717) is 11.5 Å². The smallest absolute Gasteiger partial charge is 0.337 e. The molecule has 3 heterocycles. The van der Waals surface area contributed by atoms with Crippen LogP contribution in [0.4, 0.5) is 5.95 Å². The molecule has 2 aliphatic heterocycles. The summed E-state index contributed by atoms with van der Waals surface area (Å²) >= 11 is 0. The van der Waals surface area contributed by atoms with Crippen molar-refractivity contribution in [1.29, 1.82) is 0 Å². The number of carbonyl (C=O) groups excluding carboxylic acids is 1. The summed E-state index contributed by atoms with van der Waals surface area (Å²) in [6.45, 7) is 2.07. The maximum absolute atomic E-state index is 12.0. The number of hydrogen-bond donors (Lipinski definition) is 1. The summed E-state index contributed by atoms with van der Waals surface area (Å²) in [6, 6.07) is 23.6. The summed E-state index contributed by atoms with van der Waals surface area (Å²) in [5.41, 5.74) is 6.64. The zero-order valence-electron chi connectivity index (χ0n) is 18.7. The van der Waals surface area contributed by atoms with Gasteiger partial charge in [0.05, 0.1) is 18.4 Å². The van der Waals surface area contributed by atoms with Crippen molar-refractivity contribution in [3.63, 3.8) is 0 Å². The first kappa shape index (κ1) is 20.2. The average molecular weight is 450 g/mol. The molecule has 0 aliphatic carbocycles. The molecule has 168 valence electrons. The fourth-order valence-corrected chi connectivity index (χ4v) is 4.73. The van der Waals surface area contributed by atoms with E-state index in [1.807, 2.05) is 47.1 Å². The zero-order valence-corrected chi connectivity index (χ0v) is 18.7. The second-order valence-corrected chi connectivity index (χ2v) is 8.41. The van der Waals surface area contributed by atoms with E-state index in [0.717, 1.165) is 39.3 Å². The SMILES string of the molecule is COC(=O)c1ccc(C2Oc3ccc(C)cc3C3=C2C(c2ccccc2)n2ncnc2N3)cc1. The number of rotatable bonds is 3. The van der Waals surface area contributed by atoms with E-state index in [9.17, 15) is 4.79 Å². The molecule has 4 aromatic rings. The Labute approximate surface area is 196 Å². The van der Waals surface area contributed by atoms with Gasteiger partial charge in [0.25, 0.3) is 0 Å². The van der Waals surface area contributed by atoms with Crippen LogP contribution in [0.5, 0.6) is 5.75 Å². The largest absolute Gasteiger partial charge is 0.480 e. The number of methoxy groups -OCH3 is 1. The molecule has 2 unspecified atom stereocenters. The first-order chi connectivity index (χ1) is 16.6. The lowest BCUT2D eigenvalue weighted by Crippen LogP contribution is -2.32. The highest BCUT2D eigenvalue weighted by molar-refractivity contribution is 5.89. The molecule has 2 aliphatic rings. The highest BCUT2D eigenvalue weighted by Gasteiger charge is 2.40. The second kappa shape index (κ2) is 7.88. The van der Waals surface area contributed by atoms with Crippen LogP contribution in [0.3, 0.4) is 0 Å². The minimum atomic E-state index is -0.396. The monoisotopic (exact) mass is 450 g/mol. The number of esters is 1. The molecule has 0 radical (unpaired) electrons. The molecule has 0 saturated carbocycles. The van der Waals surface area contributed by atoms with Gasteiger partial charge in [-0.2, -0.15) is 10.1 Å². The average Bonchev–Trinajstić information content (AvgIpc) is 3.35. The van der Waals surface area contributed by atoms with Crippen LogP contribution in [0.15, 0.2) is 84.7 Å². The first-order valence-corrected chi connectivity index (χ1v) is 11.1.